The normalized spacial score (nSPS) is 16.3. The zero-order chi connectivity index (χ0) is 20.2. The number of hydrogen-bond acceptors (Lipinski definition) is 4. The van der Waals surface area contributed by atoms with Crippen LogP contribution in [0.2, 0.25) is 5.02 Å². The van der Waals surface area contributed by atoms with Crippen LogP contribution >= 0.6 is 11.6 Å². The molecule has 0 unspecified atom stereocenters. The molecule has 0 aliphatic carbocycles. The smallest absolute Gasteiger partial charge is 0.258 e. The first-order valence-electron chi connectivity index (χ1n) is 9.60. The number of nitrogens with zero attached hydrogens (tertiary/aromatic N) is 6. The first-order valence-corrected chi connectivity index (χ1v) is 9.98. The Hall–Kier alpha value is -3.65. The number of halogens is 1. The second kappa shape index (κ2) is 6.43. The summed E-state index contributed by atoms with van der Waals surface area (Å²) in [4.78, 5) is 23.2. The van der Waals surface area contributed by atoms with E-state index in [2.05, 4.69) is 15.1 Å². The van der Waals surface area contributed by atoms with Crippen molar-refractivity contribution in [2.24, 2.45) is 0 Å². The highest BCUT2D eigenvalue weighted by atomic mass is 35.5. The molecule has 1 N–H and O–H groups in total. The van der Waals surface area contributed by atoms with E-state index in [0.717, 1.165) is 28.1 Å². The van der Waals surface area contributed by atoms with Crippen LogP contribution in [-0.2, 0) is 6.42 Å². The number of rotatable bonds is 2. The topological polar surface area (TPSA) is 83.6 Å². The lowest BCUT2D eigenvalue weighted by Gasteiger charge is -2.33. The highest BCUT2D eigenvalue weighted by Gasteiger charge is 2.37. The predicted molar refractivity (Wildman–Crippen MR) is 111 cm³/mol. The average Bonchev–Trinajstić information content (AvgIpc) is 3.50. The van der Waals surface area contributed by atoms with Crippen LogP contribution in [0, 0.1) is 0 Å². The van der Waals surface area contributed by atoms with Crippen molar-refractivity contribution >= 4 is 28.5 Å². The average molecular weight is 418 g/mol. The molecule has 1 amide bonds. The molecular formula is C21H16ClN7O. The molecule has 0 aromatic carbocycles. The van der Waals surface area contributed by atoms with Crippen LogP contribution in [0.4, 0.5) is 0 Å². The third kappa shape index (κ3) is 2.47. The molecule has 8 nitrogen and oxygen atoms in total. The van der Waals surface area contributed by atoms with E-state index in [4.69, 9.17) is 16.7 Å². The molecule has 1 aliphatic rings. The summed E-state index contributed by atoms with van der Waals surface area (Å²) in [6.07, 6.45) is 7.66. The van der Waals surface area contributed by atoms with Crippen molar-refractivity contribution < 1.29 is 4.79 Å². The molecule has 0 fully saturated rings. The molecule has 5 aromatic heterocycles. The third-order valence-corrected chi connectivity index (χ3v) is 5.91. The number of carbonyl (C=O) groups excluding carboxylic acids is 1. The van der Waals surface area contributed by atoms with Gasteiger partial charge in [-0.1, -0.05) is 17.7 Å². The lowest BCUT2D eigenvalue weighted by Crippen LogP contribution is -2.41. The lowest BCUT2D eigenvalue weighted by molar-refractivity contribution is 0.0689. The molecule has 0 spiro atoms. The Bertz CT molecular complexity index is 1420. The first kappa shape index (κ1) is 17.2. The van der Waals surface area contributed by atoms with E-state index < -0.39 is 6.04 Å². The summed E-state index contributed by atoms with van der Waals surface area (Å²) >= 11 is 6.36. The molecular weight excluding hydrogens is 402 g/mol. The maximum absolute atomic E-state index is 13.6. The van der Waals surface area contributed by atoms with Gasteiger partial charge in [0, 0.05) is 31.1 Å². The Morgan fingerprint density at radius 2 is 2.03 bits per heavy atom. The zero-order valence-corrected chi connectivity index (χ0v) is 16.5. The van der Waals surface area contributed by atoms with Gasteiger partial charge in [-0.25, -0.2) is 14.0 Å². The van der Waals surface area contributed by atoms with Gasteiger partial charge in [0.15, 0.2) is 0 Å². The fourth-order valence-corrected chi connectivity index (χ4v) is 4.40. The van der Waals surface area contributed by atoms with Gasteiger partial charge < -0.3 is 9.88 Å². The molecule has 1 atom stereocenters. The number of carbonyl (C=O) groups is 1. The maximum atomic E-state index is 13.6. The van der Waals surface area contributed by atoms with E-state index in [-0.39, 0.29) is 5.91 Å². The Labute approximate surface area is 175 Å². The molecule has 6 heterocycles. The van der Waals surface area contributed by atoms with Crippen LogP contribution in [0.5, 0.6) is 0 Å². The summed E-state index contributed by atoms with van der Waals surface area (Å²) in [7, 11) is 0. The minimum Gasteiger partial charge on any atom is -0.348 e. The van der Waals surface area contributed by atoms with Crippen molar-refractivity contribution in [2.75, 3.05) is 6.54 Å². The van der Waals surface area contributed by atoms with Crippen LogP contribution < -0.4 is 0 Å². The summed E-state index contributed by atoms with van der Waals surface area (Å²) in [5, 5.41) is 9.65. The van der Waals surface area contributed by atoms with Gasteiger partial charge in [-0.15, -0.1) is 0 Å². The second-order valence-electron chi connectivity index (χ2n) is 7.26. The summed E-state index contributed by atoms with van der Waals surface area (Å²) in [6, 6.07) is 10.9. The van der Waals surface area contributed by atoms with Crippen molar-refractivity contribution in [1.82, 2.24) is 34.1 Å². The van der Waals surface area contributed by atoms with Crippen molar-refractivity contribution in [3.8, 4) is 0 Å². The minimum absolute atomic E-state index is 0.0991. The number of hydrogen-bond donors (Lipinski definition) is 1. The molecule has 148 valence electrons. The van der Waals surface area contributed by atoms with E-state index in [1.54, 1.807) is 21.6 Å². The second-order valence-corrected chi connectivity index (χ2v) is 7.67. The van der Waals surface area contributed by atoms with Gasteiger partial charge in [0.25, 0.3) is 5.91 Å². The number of aromatic amines is 1. The third-order valence-electron chi connectivity index (χ3n) is 5.59. The first-order chi connectivity index (χ1) is 14.7. The molecule has 6 rings (SSSR count). The quantitative estimate of drug-likeness (QED) is 0.478. The number of nitrogens with one attached hydrogen (secondary N) is 1. The fraction of sp³-hybridized carbons (Fsp3) is 0.143. The maximum Gasteiger partial charge on any atom is 0.258 e. The minimum atomic E-state index is -0.415. The molecule has 0 saturated heterocycles. The molecule has 0 radical (unpaired) electrons. The predicted octanol–water partition coefficient (Wildman–Crippen LogP) is 3.15. The van der Waals surface area contributed by atoms with Crippen LogP contribution in [0.25, 0.3) is 11.0 Å². The Balaban J connectivity index is 1.50. The van der Waals surface area contributed by atoms with E-state index in [0.29, 0.717) is 23.6 Å². The summed E-state index contributed by atoms with van der Waals surface area (Å²) < 4.78 is 3.44. The summed E-state index contributed by atoms with van der Waals surface area (Å²) in [6.45, 7) is 0.546. The number of imidazole rings is 1. The molecule has 0 bridgehead atoms. The Morgan fingerprint density at radius 1 is 1.13 bits per heavy atom. The highest BCUT2D eigenvalue weighted by molar-refractivity contribution is 6.33. The monoisotopic (exact) mass is 417 g/mol. The van der Waals surface area contributed by atoms with E-state index in [1.165, 1.54) is 0 Å². The van der Waals surface area contributed by atoms with Gasteiger partial charge in [0.1, 0.15) is 6.04 Å². The highest BCUT2D eigenvalue weighted by Crippen LogP contribution is 2.35. The number of aromatic nitrogens is 6. The molecule has 30 heavy (non-hydrogen) atoms. The van der Waals surface area contributed by atoms with Gasteiger partial charge in [-0.3, -0.25) is 4.79 Å². The van der Waals surface area contributed by atoms with Gasteiger partial charge >= 0.3 is 0 Å². The van der Waals surface area contributed by atoms with Crippen LogP contribution in [0.15, 0.2) is 61.3 Å². The largest absolute Gasteiger partial charge is 0.348 e. The number of fused-ring (bicyclic) bond motifs is 3. The van der Waals surface area contributed by atoms with Crippen molar-refractivity contribution in [2.45, 2.75) is 12.5 Å². The SMILES string of the molecule is O=C(c1cnn2ccccc12)N1CCc2[nH]cnc2[C@@H]1c1cc2c(Cl)cccn2n1. The molecule has 1 aliphatic heterocycles. The number of amides is 1. The van der Waals surface area contributed by atoms with E-state index in [9.17, 15) is 4.79 Å². The van der Waals surface area contributed by atoms with E-state index >= 15 is 0 Å². The molecule has 9 heteroatoms. The van der Waals surface area contributed by atoms with E-state index in [1.807, 2.05) is 53.7 Å². The summed E-state index contributed by atoms with van der Waals surface area (Å²) in [5.74, 6) is -0.0991. The molecule has 0 saturated carbocycles. The molecule has 5 aromatic rings. The van der Waals surface area contributed by atoms with Gasteiger partial charge in [-0.05, 0) is 30.3 Å². The number of H-pyrrole nitrogens is 1. The Kier molecular flexibility index (Phi) is 3.69. The van der Waals surface area contributed by atoms with Gasteiger partial charge in [0.2, 0.25) is 0 Å². The van der Waals surface area contributed by atoms with Crippen LogP contribution in [-0.4, -0.2) is 46.5 Å². The van der Waals surface area contributed by atoms with Crippen LogP contribution in [0.1, 0.15) is 33.5 Å². The fourth-order valence-electron chi connectivity index (χ4n) is 4.18. The van der Waals surface area contributed by atoms with Crippen LogP contribution in [0.3, 0.4) is 0 Å². The lowest BCUT2D eigenvalue weighted by atomic mass is 9.98. The van der Waals surface area contributed by atoms with Gasteiger partial charge in [-0.2, -0.15) is 10.2 Å². The van der Waals surface area contributed by atoms with Gasteiger partial charge in [0.05, 0.1) is 45.5 Å². The van der Waals surface area contributed by atoms with Crippen molar-refractivity contribution in [3.05, 3.63) is 89.0 Å². The Morgan fingerprint density at radius 3 is 2.93 bits per heavy atom. The summed E-state index contributed by atoms with van der Waals surface area (Å²) in [5.41, 5.74) is 4.67. The van der Waals surface area contributed by atoms with Crippen molar-refractivity contribution in [3.63, 3.8) is 0 Å². The zero-order valence-electron chi connectivity index (χ0n) is 15.7. The van der Waals surface area contributed by atoms with Crippen molar-refractivity contribution in [1.29, 1.82) is 0 Å². The number of pyridine rings is 2. The standard InChI is InChI=1S/C21H16ClN7O/c22-14-4-3-8-29-18(14)10-16(26-29)20-19-15(23-12-24-19)6-9-27(20)21(30)13-11-25-28-7-2-1-5-17(13)28/h1-5,7-8,10-12,20H,6,9H2,(H,23,24)/t20-/m0/s1.